The van der Waals surface area contributed by atoms with E-state index >= 15 is 0 Å². The summed E-state index contributed by atoms with van der Waals surface area (Å²) in [7, 11) is 0. The zero-order valence-electron chi connectivity index (χ0n) is 34.2. The third-order valence-corrected chi connectivity index (χ3v) is 9.06. The molecule has 312 valence electrons. The minimum absolute atomic E-state index is 0. The summed E-state index contributed by atoms with van der Waals surface area (Å²) in [4.78, 5) is 37.4. The second kappa shape index (κ2) is 25.6. The molecule has 2 aromatic heterocycles. The second-order valence-corrected chi connectivity index (χ2v) is 14.0. The molecule has 13 heteroatoms. The highest BCUT2D eigenvalue weighted by Crippen LogP contribution is 2.18. The summed E-state index contributed by atoms with van der Waals surface area (Å²) in [6.45, 7) is 16.5. The Morgan fingerprint density at radius 3 is 1.91 bits per heavy atom. The van der Waals surface area contributed by atoms with E-state index in [4.69, 9.17) is 5.11 Å². The first kappa shape index (κ1) is 48.5. The first-order valence-electron chi connectivity index (χ1n) is 19.8. The molecule has 0 unspecified atom stereocenters. The number of carboxylic acids is 1. The molecule has 0 aliphatic heterocycles. The Morgan fingerprint density at radius 1 is 0.754 bits per heavy atom. The van der Waals surface area contributed by atoms with Crippen LogP contribution in [0.15, 0.2) is 72.9 Å². The van der Waals surface area contributed by atoms with Gasteiger partial charge in [-0.25, -0.2) is 23.5 Å². The topological polar surface area (TPSA) is 131 Å². The van der Waals surface area contributed by atoms with Gasteiger partial charge < -0.3 is 30.6 Å². The van der Waals surface area contributed by atoms with Crippen molar-refractivity contribution < 1.29 is 28.6 Å². The zero-order chi connectivity index (χ0) is 41.0. The van der Waals surface area contributed by atoms with Gasteiger partial charge in [0.05, 0.1) is 17.7 Å². The maximum absolute atomic E-state index is 13.9. The van der Waals surface area contributed by atoms with Crippen LogP contribution in [0, 0.1) is 18.6 Å². The summed E-state index contributed by atoms with van der Waals surface area (Å²) in [6, 6.07) is 17.3. The minimum atomic E-state index is -1.01. The van der Waals surface area contributed by atoms with Crippen molar-refractivity contribution in [3.05, 3.63) is 118 Å². The van der Waals surface area contributed by atoms with E-state index in [0.717, 1.165) is 81.5 Å². The van der Waals surface area contributed by atoms with Crippen LogP contribution in [0.3, 0.4) is 0 Å². The molecular formula is C44H61ClF2N6O4. The zero-order valence-corrected chi connectivity index (χ0v) is 35.0. The number of aliphatic hydroxyl groups is 1. The van der Waals surface area contributed by atoms with Crippen molar-refractivity contribution in [3.63, 3.8) is 0 Å². The molecule has 0 aliphatic rings. The Kier molecular flexibility index (Phi) is 21.8. The van der Waals surface area contributed by atoms with Gasteiger partial charge in [0, 0.05) is 62.8 Å². The number of aryl methyl sites for hydroxylation is 2. The molecule has 57 heavy (non-hydrogen) atoms. The van der Waals surface area contributed by atoms with Crippen molar-refractivity contribution in [2.24, 2.45) is 0 Å². The van der Waals surface area contributed by atoms with Gasteiger partial charge in [0.1, 0.15) is 23.3 Å². The number of benzene rings is 2. The van der Waals surface area contributed by atoms with E-state index < -0.39 is 29.7 Å². The van der Waals surface area contributed by atoms with Gasteiger partial charge in [-0.2, -0.15) is 0 Å². The predicted octanol–water partition coefficient (Wildman–Crippen LogP) is 8.18. The molecule has 1 amide bonds. The van der Waals surface area contributed by atoms with Crippen LogP contribution in [0.1, 0.15) is 103 Å². The van der Waals surface area contributed by atoms with Crippen LogP contribution < -0.4 is 20.4 Å². The van der Waals surface area contributed by atoms with Crippen molar-refractivity contribution >= 4 is 35.9 Å². The summed E-state index contributed by atoms with van der Waals surface area (Å²) < 4.78 is 27.9. The quantitative estimate of drug-likeness (QED) is 0.0659. The molecule has 2 atom stereocenters. The second-order valence-electron chi connectivity index (χ2n) is 14.0. The van der Waals surface area contributed by atoms with E-state index in [1.807, 2.05) is 19.1 Å². The summed E-state index contributed by atoms with van der Waals surface area (Å²) >= 11 is 0. The Balaban J connectivity index is 0.000000553. The van der Waals surface area contributed by atoms with Gasteiger partial charge in [0.2, 0.25) is 0 Å². The fourth-order valence-corrected chi connectivity index (χ4v) is 6.41. The fraction of sp³-hybridized carbons (Fsp3) is 0.455. The number of carbonyl (C=O) groups is 2. The van der Waals surface area contributed by atoms with Gasteiger partial charge in [-0.1, -0.05) is 58.9 Å². The van der Waals surface area contributed by atoms with Crippen molar-refractivity contribution in [1.82, 2.24) is 20.6 Å². The van der Waals surface area contributed by atoms with Crippen LogP contribution in [0.2, 0.25) is 0 Å². The number of pyridine rings is 2. The molecule has 2 heterocycles. The average molecular weight is 811 g/mol. The van der Waals surface area contributed by atoms with Crippen LogP contribution in [-0.2, 0) is 19.4 Å². The standard InChI is InChI=1S/C32H42F2N4O2.C12H18N2O2.ClH/c1-5-11-38(12-6-2)31-18-26(13-22(4)36-31)32(40)37-29(17-25-15-27(33)19-28(34)16-25)30(39)21-35-20-24-10-8-9-23(7-3)14-24;1-3-7-14(8-4-2)11-9-10(12(15)16)5-6-13-11;/h8-10,13-16,18-19,29-30,35,39H,5-7,11-12,17,20-21H2,1-4H3,(H,37,40);5-6,9H,3-4,7-8H2,1-2H3,(H,15,16);1H/t29-,30+;;/m0../s1. The number of nitrogens with zero attached hydrogens (tertiary/aromatic N) is 4. The molecule has 0 aliphatic carbocycles. The SMILES string of the molecule is CCCN(CCC)c1cc(C(=O)N[C@@H](Cc2cc(F)cc(F)c2)[C@H](O)CNCc2cccc(CC)c2)cc(C)n1.CCCN(CCC)c1cc(C(=O)O)ccn1.Cl. The lowest BCUT2D eigenvalue weighted by molar-refractivity contribution is 0.0696. The third-order valence-electron chi connectivity index (χ3n) is 9.06. The van der Waals surface area contributed by atoms with Gasteiger partial charge in [-0.15, -0.1) is 12.4 Å². The molecule has 0 saturated heterocycles. The van der Waals surface area contributed by atoms with Crippen LogP contribution in [-0.4, -0.2) is 76.9 Å². The number of nitrogens with one attached hydrogen (secondary N) is 2. The minimum Gasteiger partial charge on any atom is -0.478 e. The molecule has 0 saturated carbocycles. The highest BCUT2D eigenvalue weighted by Gasteiger charge is 2.24. The lowest BCUT2D eigenvalue weighted by atomic mass is 10.00. The van der Waals surface area contributed by atoms with Crippen molar-refractivity contribution in [3.8, 4) is 0 Å². The summed E-state index contributed by atoms with van der Waals surface area (Å²) in [5.41, 5.74) is 4.08. The van der Waals surface area contributed by atoms with Crippen molar-refractivity contribution in [2.75, 3.05) is 42.5 Å². The van der Waals surface area contributed by atoms with E-state index in [9.17, 15) is 23.5 Å². The molecule has 4 aromatic rings. The fourth-order valence-electron chi connectivity index (χ4n) is 6.41. The number of hydrogen-bond donors (Lipinski definition) is 4. The Bertz CT molecular complexity index is 1800. The Hall–Kier alpha value is -4.65. The van der Waals surface area contributed by atoms with Crippen molar-refractivity contribution in [1.29, 1.82) is 0 Å². The van der Waals surface area contributed by atoms with Gasteiger partial charge in [-0.3, -0.25) is 4.79 Å². The predicted molar refractivity (Wildman–Crippen MR) is 228 cm³/mol. The largest absolute Gasteiger partial charge is 0.478 e. The Labute approximate surface area is 343 Å². The van der Waals surface area contributed by atoms with Gasteiger partial charge >= 0.3 is 5.97 Å². The van der Waals surface area contributed by atoms with E-state index in [-0.39, 0.29) is 31.3 Å². The number of anilines is 2. The average Bonchev–Trinajstić information content (AvgIpc) is 3.17. The number of rotatable bonds is 21. The number of aromatic carboxylic acids is 1. The van der Waals surface area contributed by atoms with Crippen LogP contribution >= 0.6 is 12.4 Å². The number of halogens is 3. The number of carboxylic acid groups (broad SMARTS) is 1. The molecular weight excluding hydrogens is 750 g/mol. The third kappa shape index (κ3) is 16.4. The molecule has 0 bridgehead atoms. The molecule has 4 rings (SSSR count). The van der Waals surface area contributed by atoms with E-state index in [0.29, 0.717) is 28.9 Å². The highest BCUT2D eigenvalue weighted by atomic mass is 35.5. The van der Waals surface area contributed by atoms with Gasteiger partial charge in [0.25, 0.3) is 5.91 Å². The van der Waals surface area contributed by atoms with Gasteiger partial charge in [-0.05, 0) is 98.5 Å². The lowest BCUT2D eigenvalue weighted by Gasteiger charge is -2.26. The van der Waals surface area contributed by atoms with Crippen LogP contribution in [0.5, 0.6) is 0 Å². The molecule has 2 aromatic carbocycles. The maximum atomic E-state index is 13.9. The smallest absolute Gasteiger partial charge is 0.335 e. The maximum Gasteiger partial charge on any atom is 0.335 e. The normalized spacial score (nSPS) is 11.7. The lowest BCUT2D eigenvalue weighted by Crippen LogP contribution is -2.48. The molecule has 10 nitrogen and oxygen atoms in total. The van der Waals surface area contributed by atoms with Crippen molar-refractivity contribution in [2.45, 2.75) is 98.8 Å². The first-order chi connectivity index (χ1) is 26.9. The van der Waals surface area contributed by atoms with E-state index in [1.165, 1.54) is 23.8 Å². The van der Waals surface area contributed by atoms with E-state index in [2.05, 4.69) is 77.2 Å². The number of carbonyl (C=O) groups excluding carboxylic acids is 1. The summed E-state index contributed by atoms with van der Waals surface area (Å²) in [5, 5.41) is 26.2. The van der Waals surface area contributed by atoms with Gasteiger partial charge in [0.15, 0.2) is 0 Å². The van der Waals surface area contributed by atoms with Crippen LogP contribution in [0.25, 0.3) is 0 Å². The number of amides is 1. The molecule has 0 fully saturated rings. The highest BCUT2D eigenvalue weighted by molar-refractivity contribution is 5.95. The molecule has 0 radical (unpaired) electrons. The number of aromatic nitrogens is 2. The summed E-state index contributed by atoms with van der Waals surface area (Å²) in [5.74, 6) is -1.21. The van der Waals surface area contributed by atoms with E-state index in [1.54, 1.807) is 24.4 Å². The monoisotopic (exact) mass is 810 g/mol. The molecule has 4 N–H and O–H groups in total. The Morgan fingerprint density at radius 2 is 1.33 bits per heavy atom. The van der Waals surface area contributed by atoms with Crippen LogP contribution in [0.4, 0.5) is 20.4 Å². The summed E-state index contributed by atoms with van der Waals surface area (Å²) in [6.07, 6.45) is 5.48. The first-order valence-corrected chi connectivity index (χ1v) is 19.8. The molecule has 0 spiro atoms. The number of aliphatic hydroxyl groups excluding tert-OH is 1. The number of hydrogen-bond acceptors (Lipinski definition) is 8.